The molecule has 0 radical (unpaired) electrons. The summed E-state index contributed by atoms with van der Waals surface area (Å²) in [6.07, 6.45) is 3.49. The van der Waals surface area contributed by atoms with Gasteiger partial charge in [0.2, 0.25) is 0 Å². The number of nitro benzene ring substituents is 1. The predicted molar refractivity (Wildman–Crippen MR) is 138 cm³/mol. The van der Waals surface area contributed by atoms with Crippen LogP contribution in [0.3, 0.4) is 0 Å². The second kappa shape index (κ2) is 9.02. The van der Waals surface area contributed by atoms with E-state index in [4.69, 9.17) is 32.6 Å². The first-order valence-corrected chi connectivity index (χ1v) is 11.4. The van der Waals surface area contributed by atoms with Gasteiger partial charge < -0.3 is 4.42 Å². The summed E-state index contributed by atoms with van der Waals surface area (Å²) in [5.74, 6) is 1.71. The van der Waals surface area contributed by atoms with Crippen molar-refractivity contribution >= 4 is 46.6 Å². The van der Waals surface area contributed by atoms with Gasteiger partial charge in [-0.1, -0.05) is 29.3 Å². The maximum Gasteiger partial charge on any atom is 0.272 e. The summed E-state index contributed by atoms with van der Waals surface area (Å²) < 4.78 is 7.87. The smallest absolute Gasteiger partial charge is 0.272 e. The number of benzene rings is 2. The fourth-order valence-corrected chi connectivity index (χ4v) is 4.42. The minimum Gasteiger partial charge on any atom is -0.455 e. The molecule has 0 saturated heterocycles. The summed E-state index contributed by atoms with van der Waals surface area (Å²) >= 11 is 12.5. The van der Waals surface area contributed by atoms with Crippen LogP contribution in [0.4, 0.5) is 11.5 Å². The SMILES string of the molecule is Cc1cc([N+](=O)[O-])c(C)cc1-c1ccc(C=Nc2c(-c3ccc(Cl)cc3Cl)nc3ccccn23)o1. The lowest BCUT2D eigenvalue weighted by Crippen LogP contribution is -1.94. The zero-order valence-electron chi connectivity index (χ0n) is 18.7. The summed E-state index contributed by atoms with van der Waals surface area (Å²) in [7, 11) is 0. The lowest BCUT2D eigenvalue weighted by atomic mass is 10.0. The fourth-order valence-electron chi connectivity index (χ4n) is 3.92. The Morgan fingerprint density at radius 2 is 1.86 bits per heavy atom. The van der Waals surface area contributed by atoms with Gasteiger partial charge in [-0.05, 0) is 67.9 Å². The normalized spacial score (nSPS) is 11.5. The Balaban J connectivity index is 1.54. The number of aromatic nitrogens is 2. The van der Waals surface area contributed by atoms with E-state index in [0.29, 0.717) is 44.2 Å². The number of imidazole rings is 1. The molecule has 174 valence electrons. The van der Waals surface area contributed by atoms with Crippen molar-refractivity contribution in [1.82, 2.24) is 9.38 Å². The van der Waals surface area contributed by atoms with E-state index in [1.54, 1.807) is 43.5 Å². The summed E-state index contributed by atoms with van der Waals surface area (Å²) in [6, 6.07) is 17.9. The van der Waals surface area contributed by atoms with Crippen LogP contribution in [-0.2, 0) is 0 Å². The Labute approximate surface area is 210 Å². The summed E-state index contributed by atoms with van der Waals surface area (Å²) in [5.41, 5.74) is 4.24. The minimum atomic E-state index is -0.382. The summed E-state index contributed by atoms with van der Waals surface area (Å²) in [6.45, 7) is 3.53. The van der Waals surface area contributed by atoms with Gasteiger partial charge in [-0.3, -0.25) is 14.5 Å². The van der Waals surface area contributed by atoms with Crippen molar-refractivity contribution in [2.45, 2.75) is 13.8 Å². The fraction of sp³-hybridized carbons (Fsp3) is 0.0769. The van der Waals surface area contributed by atoms with Gasteiger partial charge >= 0.3 is 0 Å². The van der Waals surface area contributed by atoms with Crippen molar-refractivity contribution in [3.05, 3.63) is 104 Å². The highest BCUT2D eigenvalue weighted by Gasteiger charge is 2.18. The number of nitrogens with zero attached hydrogens (tertiary/aromatic N) is 4. The molecule has 0 spiro atoms. The lowest BCUT2D eigenvalue weighted by molar-refractivity contribution is -0.385. The number of aryl methyl sites for hydroxylation is 2. The van der Waals surface area contributed by atoms with Crippen LogP contribution in [-0.4, -0.2) is 20.5 Å². The lowest BCUT2D eigenvalue weighted by Gasteiger charge is -2.05. The number of hydrogen-bond donors (Lipinski definition) is 0. The van der Waals surface area contributed by atoms with Gasteiger partial charge in [-0.2, -0.15) is 0 Å². The first-order chi connectivity index (χ1) is 16.8. The third-order valence-electron chi connectivity index (χ3n) is 5.64. The summed E-state index contributed by atoms with van der Waals surface area (Å²) in [5, 5.41) is 12.2. The molecule has 0 N–H and O–H groups in total. The van der Waals surface area contributed by atoms with Crippen molar-refractivity contribution < 1.29 is 9.34 Å². The molecule has 0 atom stereocenters. The van der Waals surface area contributed by atoms with Crippen LogP contribution >= 0.6 is 23.2 Å². The maximum atomic E-state index is 11.2. The predicted octanol–water partition coefficient (Wildman–Crippen LogP) is 7.84. The number of halogens is 2. The first kappa shape index (κ1) is 22.8. The molecule has 0 aliphatic carbocycles. The third kappa shape index (κ3) is 4.32. The molecule has 7 nitrogen and oxygen atoms in total. The first-order valence-electron chi connectivity index (χ1n) is 10.6. The molecule has 0 amide bonds. The van der Waals surface area contributed by atoms with Crippen LogP contribution in [0.25, 0.3) is 28.2 Å². The molecule has 9 heteroatoms. The molecule has 0 fully saturated rings. The van der Waals surface area contributed by atoms with Gasteiger partial charge in [0.05, 0.1) is 16.2 Å². The van der Waals surface area contributed by atoms with Crippen LogP contribution in [0.15, 0.2) is 76.3 Å². The van der Waals surface area contributed by atoms with E-state index in [-0.39, 0.29) is 10.6 Å². The van der Waals surface area contributed by atoms with Gasteiger partial charge in [-0.25, -0.2) is 9.98 Å². The topological polar surface area (TPSA) is 85.9 Å². The van der Waals surface area contributed by atoms with Crippen LogP contribution in [0.2, 0.25) is 10.0 Å². The van der Waals surface area contributed by atoms with Gasteiger partial charge in [0, 0.05) is 34.0 Å². The highest BCUT2D eigenvalue weighted by atomic mass is 35.5. The van der Waals surface area contributed by atoms with Gasteiger partial charge in [-0.15, -0.1) is 0 Å². The molecule has 35 heavy (non-hydrogen) atoms. The van der Waals surface area contributed by atoms with Crippen molar-refractivity contribution in [2.24, 2.45) is 4.99 Å². The molecular weight excluding hydrogens is 487 g/mol. The zero-order chi connectivity index (χ0) is 24.7. The average molecular weight is 505 g/mol. The van der Waals surface area contributed by atoms with Gasteiger partial charge in [0.15, 0.2) is 5.82 Å². The Hall–Kier alpha value is -3.94. The van der Waals surface area contributed by atoms with E-state index in [0.717, 1.165) is 16.8 Å². The van der Waals surface area contributed by atoms with Gasteiger partial charge in [0.1, 0.15) is 22.9 Å². The number of hydrogen-bond acceptors (Lipinski definition) is 5. The van der Waals surface area contributed by atoms with Crippen LogP contribution in [0, 0.1) is 24.0 Å². The van der Waals surface area contributed by atoms with Crippen molar-refractivity contribution in [1.29, 1.82) is 0 Å². The Kier molecular flexibility index (Phi) is 5.88. The van der Waals surface area contributed by atoms with E-state index < -0.39 is 0 Å². The summed E-state index contributed by atoms with van der Waals surface area (Å²) in [4.78, 5) is 20.3. The molecule has 2 aromatic carbocycles. The number of furan rings is 1. The van der Waals surface area contributed by atoms with Gasteiger partial charge in [0.25, 0.3) is 5.69 Å². The molecule has 0 saturated carbocycles. The molecule has 0 bridgehead atoms. The number of fused-ring (bicyclic) bond motifs is 1. The highest BCUT2D eigenvalue weighted by molar-refractivity contribution is 6.36. The van der Waals surface area contributed by atoms with E-state index in [1.165, 1.54) is 0 Å². The molecular formula is C26H18Cl2N4O3. The van der Waals surface area contributed by atoms with E-state index in [1.807, 2.05) is 47.9 Å². The van der Waals surface area contributed by atoms with Crippen LogP contribution < -0.4 is 0 Å². The van der Waals surface area contributed by atoms with Crippen molar-refractivity contribution in [3.8, 4) is 22.6 Å². The monoisotopic (exact) mass is 504 g/mol. The average Bonchev–Trinajstić information content (AvgIpc) is 3.43. The van der Waals surface area contributed by atoms with E-state index in [9.17, 15) is 10.1 Å². The number of aliphatic imine (C=N–C) groups is 1. The second-order valence-corrected chi connectivity index (χ2v) is 8.85. The Bertz CT molecular complexity index is 1640. The van der Waals surface area contributed by atoms with Crippen LogP contribution in [0.1, 0.15) is 16.9 Å². The Morgan fingerprint density at radius 1 is 1.03 bits per heavy atom. The van der Waals surface area contributed by atoms with Crippen LogP contribution in [0.5, 0.6) is 0 Å². The van der Waals surface area contributed by atoms with Crippen molar-refractivity contribution in [3.63, 3.8) is 0 Å². The molecule has 0 aliphatic rings. The third-order valence-corrected chi connectivity index (χ3v) is 6.18. The zero-order valence-corrected chi connectivity index (χ0v) is 20.2. The minimum absolute atomic E-state index is 0.0839. The standard InChI is InChI=1S/C26H18Cl2N4O3/c1-15-12-22(32(33)34)16(2)11-20(15)23-9-7-18(35-23)14-29-26-25(19-8-6-17(27)13-21(19)28)30-24-5-3-4-10-31(24)26/h3-14H,1-2H3. The number of pyridine rings is 1. The quantitative estimate of drug-likeness (QED) is 0.138. The molecule has 0 aliphatic heterocycles. The molecule has 5 rings (SSSR count). The second-order valence-electron chi connectivity index (χ2n) is 8.01. The van der Waals surface area contributed by atoms with E-state index >= 15 is 0 Å². The number of rotatable bonds is 5. The molecule has 5 aromatic rings. The maximum absolute atomic E-state index is 11.2. The van der Waals surface area contributed by atoms with E-state index in [2.05, 4.69) is 4.99 Å². The Morgan fingerprint density at radius 3 is 2.63 bits per heavy atom. The van der Waals surface area contributed by atoms with Crippen molar-refractivity contribution in [2.75, 3.05) is 0 Å². The molecule has 3 aromatic heterocycles. The molecule has 3 heterocycles. The highest BCUT2D eigenvalue weighted by Crippen LogP contribution is 2.37. The number of nitro groups is 1. The molecule has 0 unspecified atom stereocenters. The largest absolute Gasteiger partial charge is 0.455 e.